The first-order valence-corrected chi connectivity index (χ1v) is 20.1. The van der Waals surface area contributed by atoms with Crippen molar-refractivity contribution in [3.05, 3.63) is 82.4 Å². The van der Waals surface area contributed by atoms with E-state index in [0.717, 1.165) is 0 Å². The summed E-state index contributed by atoms with van der Waals surface area (Å²) in [5.74, 6) is 3.53. The summed E-state index contributed by atoms with van der Waals surface area (Å²) in [6.07, 6.45) is 0.723. The van der Waals surface area contributed by atoms with Gasteiger partial charge in [0.1, 0.15) is 55.4 Å². The van der Waals surface area contributed by atoms with Gasteiger partial charge in [0.05, 0.1) is 12.1 Å². The smallest absolute Gasteiger partial charge is 0.252 e. The second-order valence-corrected chi connectivity index (χ2v) is 14.5. The van der Waals surface area contributed by atoms with E-state index in [9.17, 15) is 24.0 Å². The first-order valence-electron chi connectivity index (χ1n) is 20.1. The van der Waals surface area contributed by atoms with Crippen LogP contribution >= 0.6 is 0 Å². The number of nitrogens with zero attached hydrogens (tertiary/aromatic N) is 2. The van der Waals surface area contributed by atoms with Crippen LogP contribution in [-0.2, 0) is 25.6 Å². The number of carbonyl (C=O) groups excluding carboxylic acids is 5. The number of hydrogen-bond acceptors (Lipinski definition) is 12. The van der Waals surface area contributed by atoms with Crippen molar-refractivity contribution in [1.82, 2.24) is 26.2 Å². The number of hydrogen-bond donors (Lipinski definition) is 8. The van der Waals surface area contributed by atoms with Crippen molar-refractivity contribution < 1.29 is 33.4 Å². The minimum Gasteiger partial charge on any atom is -0.492 e. The van der Waals surface area contributed by atoms with Crippen LogP contribution < -0.4 is 53.7 Å². The predicted octanol–water partition coefficient (Wildman–Crippen LogP) is 0.258. The van der Waals surface area contributed by atoms with E-state index in [1.165, 1.54) is 18.9 Å². The molecule has 1 aliphatic heterocycles. The Morgan fingerprint density at radius 2 is 1.61 bits per heavy atom. The summed E-state index contributed by atoms with van der Waals surface area (Å²) in [6, 6.07) is 11.9. The van der Waals surface area contributed by atoms with Gasteiger partial charge in [0, 0.05) is 48.8 Å². The summed E-state index contributed by atoms with van der Waals surface area (Å²) >= 11 is 0. The molecule has 0 fully saturated rings. The third-order valence-corrected chi connectivity index (χ3v) is 9.93. The fourth-order valence-electron chi connectivity index (χ4n) is 6.64. The molecule has 324 valence electrons. The van der Waals surface area contributed by atoms with Crippen LogP contribution in [0.1, 0.15) is 65.3 Å². The number of nitriles is 1. The van der Waals surface area contributed by atoms with Gasteiger partial charge in [-0.3, -0.25) is 24.0 Å². The maximum atomic E-state index is 14.5. The molecule has 3 aromatic rings. The highest BCUT2D eigenvalue weighted by molar-refractivity contribution is 6.00. The molecule has 0 aromatic heterocycles. The van der Waals surface area contributed by atoms with Crippen LogP contribution in [0.4, 0.5) is 0 Å². The van der Waals surface area contributed by atoms with E-state index < -0.39 is 53.7 Å². The van der Waals surface area contributed by atoms with E-state index in [0.29, 0.717) is 56.9 Å². The van der Waals surface area contributed by atoms with Crippen LogP contribution in [0.25, 0.3) is 11.1 Å². The van der Waals surface area contributed by atoms with E-state index in [4.69, 9.17) is 37.7 Å². The fourth-order valence-corrected chi connectivity index (χ4v) is 6.64. The number of likely N-dealkylation sites (N-methyl/N-ethyl adjacent to an activating group) is 1. The lowest BCUT2D eigenvalue weighted by molar-refractivity contribution is -0.141. The predicted molar refractivity (Wildman–Crippen MR) is 230 cm³/mol. The largest absolute Gasteiger partial charge is 0.492 e. The second kappa shape index (κ2) is 22.8. The van der Waals surface area contributed by atoms with E-state index >= 15 is 0 Å². The van der Waals surface area contributed by atoms with Gasteiger partial charge in [-0.1, -0.05) is 30.9 Å². The molecule has 61 heavy (non-hydrogen) atoms. The Labute approximate surface area is 356 Å². The number of amides is 5. The van der Waals surface area contributed by atoms with E-state index in [2.05, 4.69) is 33.1 Å². The van der Waals surface area contributed by atoms with Crippen LogP contribution in [0.2, 0.25) is 0 Å². The molecule has 0 saturated heterocycles. The zero-order valence-electron chi connectivity index (χ0n) is 35.0. The van der Waals surface area contributed by atoms with Gasteiger partial charge in [-0.25, -0.2) is 0 Å². The molecule has 1 unspecified atom stereocenters. The van der Waals surface area contributed by atoms with Crippen molar-refractivity contribution in [2.24, 2.45) is 22.9 Å². The Balaban J connectivity index is 1.84. The Morgan fingerprint density at radius 3 is 2.23 bits per heavy atom. The quantitative estimate of drug-likeness (QED) is 0.0756. The lowest BCUT2D eigenvalue weighted by Gasteiger charge is -2.32. The number of nitrogens with one attached hydrogen (secondary N) is 4. The summed E-state index contributed by atoms with van der Waals surface area (Å²) in [4.78, 5) is 70.9. The van der Waals surface area contributed by atoms with Crippen molar-refractivity contribution in [3.63, 3.8) is 0 Å². The Morgan fingerprint density at radius 1 is 0.934 bits per heavy atom. The van der Waals surface area contributed by atoms with Gasteiger partial charge < -0.3 is 58.6 Å². The third-order valence-electron chi connectivity index (χ3n) is 9.93. The topological polar surface area (TPSA) is 283 Å². The monoisotopic (exact) mass is 836 g/mol. The highest BCUT2D eigenvalue weighted by atomic mass is 16.5. The van der Waals surface area contributed by atoms with Crippen molar-refractivity contribution in [1.29, 1.82) is 5.26 Å². The molecular formula is C44H56N10O7. The Kier molecular flexibility index (Phi) is 17.6. The van der Waals surface area contributed by atoms with Crippen LogP contribution in [0.3, 0.4) is 0 Å². The highest BCUT2D eigenvalue weighted by Gasteiger charge is 2.36. The third kappa shape index (κ3) is 12.5. The molecule has 1 heterocycles. The summed E-state index contributed by atoms with van der Waals surface area (Å²) in [6.45, 7) is 5.53. The molecule has 0 saturated carbocycles. The molecule has 3 aromatic carbocycles. The number of ether oxygens (including phenoxy) is 2. The summed E-state index contributed by atoms with van der Waals surface area (Å²) in [5, 5.41) is 19.8. The fraction of sp³-hybridized carbons (Fsp3) is 0.409. The van der Waals surface area contributed by atoms with Gasteiger partial charge in [-0.15, -0.1) is 0 Å². The van der Waals surface area contributed by atoms with Crippen molar-refractivity contribution in [2.75, 3.05) is 46.4 Å². The zero-order valence-corrected chi connectivity index (χ0v) is 35.0. The first kappa shape index (κ1) is 47.2. The minimum atomic E-state index is -1.38. The van der Waals surface area contributed by atoms with Gasteiger partial charge >= 0.3 is 0 Å². The van der Waals surface area contributed by atoms with E-state index in [1.54, 1.807) is 61.5 Å². The molecule has 17 nitrogen and oxygen atoms in total. The average Bonchev–Trinajstić information content (AvgIpc) is 3.25. The molecule has 0 radical (unpaired) electrons. The molecule has 1 aliphatic rings. The van der Waals surface area contributed by atoms with Crippen LogP contribution in [0.15, 0.2) is 54.6 Å². The number of nitrogens with two attached hydrogens (primary N) is 4. The molecule has 4 rings (SSSR count). The van der Waals surface area contributed by atoms with Gasteiger partial charge in [0.15, 0.2) is 0 Å². The standard InChI is InChI=1S/C44H56N10O7/c1-5-31(49)10-6-28-7-11-32(26(2)22-28)41(56)52-35(14-15-45)44(59)54(4)39-30-9-13-38(61-21-18-48)34(25-30)33-23-29(8-12-37(33)60-20-17-47)24-36(42(57)50-19-16-46)53-40(55)27(3)51-43(39)58/h7-9,11-13,22-23,25,27,31,35-36,39H,5,14-15,17-21,24,45,47-49H2,1-4H3,(H,50,57)(H,51,58)(H,52,56)(H,53,55)/t27-,31?,35+,36-,39-/m0/s1. The normalized spacial score (nSPS) is 17.1. The van der Waals surface area contributed by atoms with Crippen LogP contribution in [-0.4, -0.2) is 105 Å². The SMILES string of the molecule is CCC(N)C#Cc1ccc(C(=O)N[C@H](CCN)C(=O)N(C)[C@@H]2C(=O)N[C@@H](C)C(=O)N[C@H](C(=O)NCC#N)Cc3ccc(OCCN)c(c3)-c3cc2ccc3OCCN)c(C)c1. The van der Waals surface area contributed by atoms with E-state index in [-0.39, 0.29) is 58.3 Å². The van der Waals surface area contributed by atoms with Crippen LogP contribution in [0, 0.1) is 30.1 Å². The maximum absolute atomic E-state index is 14.5. The lowest BCUT2D eigenvalue weighted by Crippen LogP contribution is -2.56. The number of benzene rings is 3. The first-order chi connectivity index (χ1) is 29.3. The van der Waals surface area contributed by atoms with Gasteiger partial charge in [0.25, 0.3) is 5.91 Å². The highest BCUT2D eigenvalue weighted by Crippen LogP contribution is 2.40. The Bertz CT molecular complexity index is 2180. The average molecular weight is 837 g/mol. The summed E-state index contributed by atoms with van der Waals surface area (Å²) in [5.41, 5.74) is 27.0. The summed E-state index contributed by atoms with van der Waals surface area (Å²) < 4.78 is 12.1. The lowest BCUT2D eigenvalue weighted by atomic mass is 9.93. The molecule has 12 N–H and O–H groups in total. The molecule has 17 heteroatoms. The van der Waals surface area contributed by atoms with Gasteiger partial charge in [-0.2, -0.15) is 5.26 Å². The van der Waals surface area contributed by atoms with Crippen molar-refractivity contribution >= 4 is 29.5 Å². The van der Waals surface area contributed by atoms with Crippen molar-refractivity contribution in [2.45, 2.75) is 70.2 Å². The maximum Gasteiger partial charge on any atom is 0.252 e. The molecule has 0 spiro atoms. The number of carbonyl (C=O) groups is 5. The zero-order chi connectivity index (χ0) is 44.6. The minimum absolute atomic E-state index is 0.00602. The molecular weight excluding hydrogens is 781 g/mol. The molecule has 4 bridgehead atoms. The second-order valence-electron chi connectivity index (χ2n) is 14.5. The summed E-state index contributed by atoms with van der Waals surface area (Å²) in [7, 11) is 1.42. The molecule has 0 aliphatic carbocycles. The number of aryl methyl sites for hydroxylation is 1. The van der Waals surface area contributed by atoms with Crippen molar-refractivity contribution in [3.8, 4) is 40.5 Å². The van der Waals surface area contributed by atoms with Gasteiger partial charge in [-0.05, 0) is 92.4 Å². The Hall–Kier alpha value is -6.50. The van der Waals surface area contributed by atoms with E-state index in [1.807, 2.05) is 13.0 Å². The molecule has 5 amide bonds. The number of fused-ring (bicyclic) bond motifs is 5. The molecule has 5 atom stereocenters. The number of rotatable bonds is 15. The van der Waals surface area contributed by atoms with Crippen LogP contribution in [0.5, 0.6) is 11.5 Å². The van der Waals surface area contributed by atoms with Gasteiger partial charge in [0.2, 0.25) is 23.6 Å².